The Balaban J connectivity index is 1.52. The number of halogens is 2. The number of aromatic amines is 1. The quantitative estimate of drug-likeness (QED) is 0.818. The summed E-state index contributed by atoms with van der Waals surface area (Å²) in [6, 6.07) is 1.88. The molecule has 0 bridgehead atoms. The van der Waals surface area contributed by atoms with Gasteiger partial charge in [-0.25, -0.2) is 9.18 Å². The van der Waals surface area contributed by atoms with E-state index in [1.165, 1.54) is 11.0 Å². The maximum Gasteiger partial charge on any atom is 0.324 e. The van der Waals surface area contributed by atoms with E-state index >= 15 is 0 Å². The molecule has 0 radical (unpaired) electrons. The predicted octanol–water partition coefficient (Wildman–Crippen LogP) is 2.60. The first kappa shape index (κ1) is 16.4. The average Bonchev–Trinajstić information content (AvgIpc) is 3.29. The smallest absolute Gasteiger partial charge is 0.324 e. The third-order valence-corrected chi connectivity index (χ3v) is 5.14. The minimum atomic E-state index is -0.642. The number of H-pyrrole nitrogens is 1. The number of nitrogens with one attached hydrogen (secondary N) is 2. The second kappa shape index (κ2) is 6.31. The zero-order chi connectivity index (χ0) is 17.6. The molecular weight excluding hydrogens is 349 g/mol. The Labute approximate surface area is 148 Å². The molecule has 0 spiro atoms. The van der Waals surface area contributed by atoms with Gasteiger partial charge in [0.15, 0.2) is 0 Å². The molecule has 1 unspecified atom stereocenters. The molecule has 25 heavy (non-hydrogen) atoms. The molecule has 0 saturated carbocycles. The minimum absolute atomic E-state index is 0.0190. The van der Waals surface area contributed by atoms with Gasteiger partial charge in [0.1, 0.15) is 16.9 Å². The Morgan fingerprint density at radius 2 is 2.20 bits per heavy atom. The summed E-state index contributed by atoms with van der Waals surface area (Å²) in [6.45, 7) is 0.955. The largest absolute Gasteiger partial charge is 0.376 e. The van der Waals surface area contributed by atoms with Crippen LogP contribution in [-0.4, -0.2) is 47.1 Å². The lowest BCUT2D eigenvalue weighted by atomic mass is 10.0. The van der Waals surface area contributed by atoms with Gasteiger partial charge in [0.2, 0.25) is 0 Å². The van der Waals surface area contributed by atoms with Crippen molar-refractivity contribution in [2.75, 3.05) is 13.2 Å². The first-order valence-electron chi connectivity index (χ1n) is 8.22. The molecule has 2 aromatic rings. The summed E-state index contributed by atoms with van der Waals surface area (Å²) < 4.78 is 19.0. The van der Waals surface area contributed by atoms with E-state index in [4.69, 9.17) is 16.3 Å². The van der Waals surface area contributed by atoms with E-state index in [1.54, 1.807) is 12.3 Å². The molecule has 1 aromatic heterocycles. The highest BCUT2D eigenvalue weighted by molar-refractivity contribution is 6.35. The number of fused-ring (bicyclic) bond motifs is 1. The number of hydrogen-bond donors (Lipinski definition) is 2. The van der Waals surface area contributed by atoms with E-state index in [0.29, 0.717) is 18.5 Å². The SMILES string of the molecule is O=C1N[C@H](Cc2c[nH]c3c(Cl)c(F)ccc23)C(=O)N1CC1CCCO1. The zero-order valence-corrected chi connectivity index (χ0v) is 14.1. The molecule has 6 nitrogen and oxygen atoms in total. The van der Waals surface area contributed by atoms with Crippen molar-refractivity contribution in [3.8, 4) is 0 Å². The van der Waals surface area contributed by atoms with Crippen LogP contribution in [0.15, 0.2) is 18.3 Å². The molecule has 1 aromatic carbocycles. The lowest BCUT2D eigenvalue weighted by molar-refractivity contribution is -0.128. The molecule has 3 heterocycles. The van der Waals surface area contributed by atoms with E-state index in [0.717, 1.165) is 23.8 Å². The number of benzene rings is 1. The Morgan fingerprint density at radius 3 is 2.96 bits per heavy atom. The maximum absolute atomic E-state index is 13.5. The van der Waals surface area contributed by atoms with Crippen molar-refractivity contribution in [3.63, 3.8) is 0 Å². The number of carbonyl (C=O) groups is 2. The van der Waals surface area contributed by atoms with E-state index in [2.05, 4.69) is 10.3 Å². The van der Waals surface area contributed by atoms with Crippen LogP contribution < -0.4 is 5.32 Å². The number of carbonyl (C=O) groups excluding carboxylic acids is 2. The van der Waals surface area contributed by atoms with Crippen LogP contribution in [-0.2, 0) is 16.0 Å². The van der Waals surface area contributed by atoms with Crippen LogP contribution in [0.1, 0.15) is 18.4 Å². The van der Waals surface area contributed by atoms with Gasteiger partial charge < -0.3 is 15.0 Å². The summed E-state index contributed by atoms with van der Waals surface area (Å²) in [7, 11) is 0. The molecule has 3 amide bonds. The summed E-state index contributed by atoms with van der Waals surface area (Å²) >= 11 is 5.96. The van der Waals surface area contributed by atoms with Gasteiger partial charge in [-0.05, 0) is 30.5 Å². The van der Waals surface area contributed by atoms with Crippen molar-refractivity contribution >= 4 is 34.4 Å². The molecule has 4 rings (SSSR count). The fraction of sp³-hybridized carbons (Fsp3) is 0.412. The molecule has 2 aliphatic heterocycles. The van der Waals surface area contributed by atoms with E-state index in [-0.39, 0.29) is 23.6 Å². The van der Waals surface area contributed by atoms with Gasteiger partial charge in [-0.3, -0.25) is 9.69 Å². The minimum Gasteiger partial charge on any atom is -0.376 e. The van der Waals surface area contributed by atoms with Crippen LogP contribution in [0.3, 0.4) is 0 Å². The summed E-state index contributed by atoms with van der Waals surface area (Å²) in [5, 5.41) is 3.48. The summed E-state index contributed by atoms with van der Waals surface area (Å²) in [6.07, 6.45) is 3.73. The normalized spacial score (nSPS) is 23.7. The predicted molar refractivity (Wildman–Crippen MR) is 90.0 cm³/mol. The van der Waals surface area contributed by atoms with Crippen LogP contribution >= 0.6 is 11.6 Å². The van der Waals surface area contributed by atoms with Gasteiger partial charge in [-0.2, -0.15) is 0 Å². The topological polar surface area (TPSA) is 74.4 Å². The first-order valence-corrected chi connectivity index (χ1v) is 8.60. The number of aromatic nitrogens is 1. The van der Waals surface area contributed by atoms with Gasteiger partial charge in [0, 0.05) is 24.6 Å². The highest BCUT2D eigenvalue weighted by Gasteiger charge is 2.39. The second-order valence-electron chi connectivity index (χ2n) is 6.39. The monoisotopic (exact) mass is 365 g/mol. The maximum atomic E-state index is 13.5. The lowest BCUT2D eigenvalue weighted by Crippen LogP contribution is -2.38. The number of ether oxygens (including phenoxy) is 1. The summed E-state index contributed by atoms with van der Waals surface area (Å²) in [4.78, 5) is 28.9. The summed E-state index contributed by atoms with van der Waals surface area (Å²) in [5.74, 6) is -0.765. The molecule has 2 fully saturated rings. The fourth-order valence-electron chi connectivity index (χ4n) is 3.47. The lowest BCUT2D eigenvalue weighted by Gasteiger charge is -2.17. The molecule has 2 N–H and O–H groups in total. The molecular formula is C17H17ClFN3O3. The second-order valence-corrected chi connectivity index (χ2v) is 6.77. The highest BCUT2D eigenvalue weighted by atomic mass is 35.5. The van der Waals surface area contributed by atoms with Crippen LogP contribution in [0, 0.1) is 5.82 Å². The van der Waals surface area contributed by atoms with Crippen LogP contribution in [0.2, 0.25) is 5.02 Å². The van der Waals surface area contributed by atoms with Crippen molar-refractivity contribution in [3.05, 3.63) is 34.7 Å². The number of amides is 3. The molecule has 2 aliphatic rings. The van der Waals surface area contributed by atoms with Crippen molar-refractivity contribution in [2.45, 2.75) is 31.4 Å². The van der Waals surface area contributed by atoms with Crippen LogP contribution in [0.5, 0.6) is 0 Å². The Morgan fingerprint density at radius 1 is 1.36 bits per heavy atom. The Kier molecular flexibility index (Phi) is 4.13. The standard InChI is InChI=1S/C17H17ClFN3O3/c18-14-12(19)4-3-11-9(7-20-15(11)14)6-13-16(23)22(17(24)21-13)8-10-2-1-5-25-10/h3-4,7,10,13,20H,1-2,5-6,8H2,(H,21,24)/t10?,13-/m1/s1. The van der Waals surface area contributed by atoms with Crippen molar-refractivity contribution in [1.82, 2.24) is 15.2 Å². The average molecular weight is 366 g/mol. The number of imide groups is 1. The third kappa shape index (κ3) is 2.87. The number of urea groups is 1. The van der Waals surface area contributed by atoms with Crippen molar-refractivity contribution < 1.29 is 18.7 Å². The van der Waals surface area contributed by atoms with Gasteiger partial charge in [0.05, 0.1) is 18.2 Å². The number of nitrogens with zero attached hydrogens (tertiary/aromatic N) is 1. The number of hydrogen-bond acceptors (Lipinski definition) is 3. The molecule has 0 aliphatic carbocycles. The van der Waals surface area contributed by atoms with Gasteiger partial charge >= 0.3 is 6.03 Å². The zero-order valence-electron chi connectivity index (χ0n) is 13.4. The van der Waals surface area contributed by atoms with Crippen molar-refractivity contribution in [1.29, 1.82) is 0 Å². The Hall–Kier alpha value is -2.12. The van der Waals surface area contributed by atoms with Crippen LogP contribution in [0.4, 0.5) is 9.18 Å². The fourth-order valence-corrected chi connectivity index (χ4v) is 3.68. The van der Waals surface area contributed by atoms with Gasteiger partial charge in [0.25, 0.3) is 5.91 Å². The van der Waals surface area contributed by atoms with Crippen molar-refractivity contribution in [2.24, 2.45) is 0 Å². The molecule has 132 valence electrons. The summed E-state index contributed by atoms with van der Waals surface area (Å²) in [5.41, 5.74) is 1.29. The van der Waals surface area contributed by atoms with Gasteiger partial charge in [-0.15, -0.1) is 0 Å². The molecule has 2 atom stereocenters. The third-order valence-electron chi connectivity index (χ3n) is 4.77. The van der Waals surface area contributed by atoms with E-state index in [9.17, 15) is 14.0 Å². The van der Waals surface area contributed by atoms with Crippen LogP contribution in [0.25, 0.3) is 10.9 Å². The van der Waals surface area contributed by atoms with Gasteiger partial charge in [-0.1, -0.05) is 11.6 Å². The molecule has 8 heteroatoms. The molecule has 2 saturated heterocycles. The highest BCUT2D eigenvalue weighted by Crippen LogP contribution is 2.29. The number of rotatable bonds is 4. The van der Waals surface area contributed by atoms with E-state index < -0.39 is 17.9 Å². The Bertz CT molecular complexity index is 847. The van der Waals surface area contributed by atoms with E-state index in [1.807, 2.05) is 0 Å². The first-order chi connectivity index (χ1) is 12.0.